The zero-order chi connectivity index (χ0) is 25.5. The van der Waals surface area contributed by atoms with Crippen molar-refractivity contribution in [2.24, 2.45) is 0 Å². The summed E-state index contributed by atoms with van der Waals surface area (Å²) in [6, 6.07) is 35.1. The highest BCUT2D eigenvalue weighted by Gasteiger charge is 2.27. The van der Waals surface area contributed by atoms with E-state index in [1.54, 1.807) is 12.1 Å². The van der Waals surface area contributed by atoms with E-state index in [1.807, 2.05) is 84.9 Å². The molecule has 0 aliphatic heterocycles. The number of carbonyl (C=O) groups excluding carboxylic acids is 1. The molecule has 0 spiro atoms. The molecule has 0 radical (unpaired) electrons. The van der Waals surface area contributed by atoms with Crippen LogP contribution < -0.4 is 0 Å². The molecule has 4 rings (SSSR count). The van der Waals surface area contributed by atoms with Crippen LogP contribution in [0.1, 0.15) is 58.1 Å². The quantitative estimate of drug-likeness (QED) is 0.205. The van der Waals surface area contributed by atoms with Crippen molar-refractivity contribution >= 4 is 37.6 Å². The number of nitrogens with zero attached hydrogens (tertiary/aromatic N) is 2. The first-order chi connectivity index (χ1) is 17.5. The number of halogens is 2. The average Bonchev–Trinajstić information content (AvgIpc) is 2.91. The largest absolute Gasteiger partial charge is 0.300 e. The third-order valence-electron chi connectivity index (χ3n) is 6.34. The fourth-order valence-corrected chi connectivity index (χ4v) is 5.76. The van der Waals surface area contributed by atoms with Gasteiger partial charge in [0.2, 0.25) is 0 Å². The average molecular weight is 598 g/mol. The van der Waals surface area contributed by atoms with Crippen molar-refractivity contribution < 1.29 is 4.79 Å². The number of carbonyl (C=O) groups is 1. The third kappa shape index (κ3) is 5.65. The van der Waals surface area contributed by atoms with Gasteiger partial charge in [-0.15, -0.1) is 0 Å². The van der Waals surface area contributed by atoms with E-state index in [-0.39, 0.29) is 30.5 Å². The highest BCUT2D eigenvalue weighted by molar-refractivity contribution is 9.10. The van der Waals surface area contributed by atoms with Crippen molar-refractivity contribution in [2.45, 2.75) is 24.7 Å². The molecule has 0 heterocycles. The summed E-state index contributed by atoms with van der Waals surface area (Å²) in [5.41, 5.74) is 4.70. The van der Waals surface area contributed by atoms with Gasteiger partial charge in [-0.05, 0) is 46.5 Å². The van der Waals surface area contributed by atoms with Crippen LogP contribution in [-0.4, -0.2) is 5.78 Å². The van der Waals surface area contributed by atoms with E-state index in [2.05, 4.69) is 44.0 Å². The molecule has 2 atom stereocenters. The number of Topliss-reactive ketones (excluding diaryl/α,β-unsaturated/α-hetero) is 1. The molecule has 0 bridgehead atoms. The Morgan fingerprint density at radius 1 is 0.583 bits per heavy atom. The zero-order valence-electron chi connectivity index (χ0n) is 19.4. The lowest BCUT2D eigenvalue weighted by Gasteiger charge is -2.23. The molecule has 5 heteroatoms. The van der Waals surface area contributed by atoms with E-state index >= 15 is 0 Å². The van der Waals surface area contributed by atoms with E-state index < -0.39 is 0 Å². The van der Waals surface area contributed by atoms with Gasteiger partial charge in [-0.1, -0.05) is 105 Å². The molecule has 3 nitrogen and oxygen atoms in total. The van der Waals surface area contributed by atoms with Gasteiger partial charge in [0.1, 0.15) is 5.78 Å². The van der Waals surface area contributed by atoms with Crippen molar-refractivity contribution in [3.05, 3.63) is 139 Å². The topological polar surface area (TPSA) is 64.7 Å². The van der Waals surface area contributed by atoms with Crippen LogP contribution in [-0.2, 0) is 4.79 Å². The van der Waals surface area contributed by atoms with Gasteiger partial charge in [0.15, 0.2) is 0 Å². The normalized spacial score (nSPS) is 12.2. The van der Waals surface area contributed by atoms with Gasteiger partial charge in [-0.3, -0.25) is 4.79 Å². The molecule has 4 aromatic carbocycles. The predicted octanol–water partition coefficient (Wildman–Crippen LogP) is 8.27. The Labute approximate surface area is 228 Å². The number of hydrogen-bond acceptors (Lipinski definition) is 3. The minimum atomic E-state index is -0.282. The van der Waals surface area contributed by atoms with Gasteiger partial charge in [0, 0.05) is 33.6 Å². The van der Waals surface area contributed by atoms with Gasteiger partial charge < -0.3 is 0 Å². The molecule has 0 amide bonds. The summed E-state index contributed by atoms with van der Waals surface area (Å²) in [5.74, 6) is -0.512. The molecule has 0 aromatic heterocycles. The Morgan fingerprint density at radius 3 is 1.28 bits per heavy atom. The number of ketones is 1. The Kier molecular flexibility index (Phi) is 8.49. The summed E-state index contributed by atoms with van der Waals surface area (Å²) in [5, 5.41) is 19.5. The molecule has 36 heavy (non-hydrogen) atoms. The summed E-state index contributed by atoms with van der Waals surface area (Å²) in [7, 11) is 0. The van der Waals surface area contributed by atoms with Crippen molar-refractivity contribution in [3.63, 3.8) is 0 Å². The second-order valence-electron chi connectivity index (χ2n) is 8.49. The first-order valence-corrected chi connectivity index (χ1v) is 13.1. The molecule has 0 aliphatic rings. The van der Waals surface area contributed by atoms with Gasteiger partial charge in [0.05, 0.1) is 23.3 Å². The fourth-order valence-electron chi connectivity index (χ4n) is 4.63. The van der Waals surface area contributed by atoms with Crippen molar-refractivity contribution in [1.29, 1.82) is 10.5 Å². The second kappa shape index (κ2) is 12.0. The van der Waals surface area contributed by atoms with Crippen LogP contribution in [0.15, 0.2) is 106 Å². The Morgan fingerprint density at radius 2 is 0.917 bits per heavy atom. The molecule has 0 N–H and O–H groups in total. The molecular weight excluding hydrogens is 576 g/mol. The first-order valence-electron chi connectivity index (χ1n) is 11.5. The van der Waals surface area contributed by atoms with Gasteiger partial charge in [0.25, 0.3) is 0 Å². The van der Waals surface area contributed by atoms with Crippen molar-refractivity contribution in [1.82, 2.24) is 0 Å². The summed E-state index contributed by atoms with van der Waals surface area (Å²) in [6.45, 7) is 0. The smallest absolute Gasteiger partial charge is 0.134 e. The summed E-state index contributed by atoms with van der Waals surface area (Å²) in [6.07, 6.45) is 0.466. The summed E-state index contributed by atoms with van der Waals surface area (Å²) < 4.78 is 1.79. The van der Waals surface area contributed by atoms with Crippen LogP contribution in [0.3, 0.4) is 0 Å². The molecule has 0 aliphatic carbocycles. The zero-order valence-corrected chi connectivity index (χ0v) is 22.5. The Hall–Kier alpha value is -3.51. The molecule has 176 valence electrons. The monoisotopic (exact) mass is 596 g/mol. The van der Waals surface area contributed by atoms with E-state index in [9.17, 15) is 15.3 Å². The maximum Gasteiger partial charge on any atom is 0.134 e. The molecule has 4 aromatic rings. The van der Waals surface area contributed by atoms with E-state index in [1.165, 1.54) is 0 Å². The number of benzene rings is 4. The van der Waals surface area contributed by atoms with E-state index in [4.69, 9.17) is 0 Å². The minimum Gasteiger partial charge on any atom is -0.300 e. The SMILES string of the molecule is N#Cc1ccccc1C(CC(=O)CC(c1ccccc1Br)c1ccccc1C#N)c1ccccc1Br. The maximum absolute atomic E-state index is 13.8. The third-order valence-corrected chi connectivity index (χ3v) is 7.78. The van der Waals surface area contributed by atoms with Crippen molar-refractivity contribution in [2.75, 3.05) is 0 Å². The lowest BCUT2D eigenvalue weighted by atomic mass is 9.80. The van der Waals surface area contributed by atoms with Crippen LogP contribution in [0.4, 0.5) is 0 Å². The number of rotatable bonds is 8. The number of nitriles is 2. The summed E-state index contributed by atoms with van der Waals surface area (Å²) in [4.78, 5) is 13.8. The highest BCUT2D eigenvalue weighted by atomic mass is 79.9. The van der Waals surface area contributed by atoms with Crippen LogP contribution in [0.2, 0.25) is 0 Å². The van der Waals surface area contributed by atoms with Crippen molar-refractivity contribution in [3.8, 4) is 12.1 Å². The van der Waals surface area contributed by atoms with E-state index in [0.29, 0.717) is 11.1 Å². The standard InChI is InChI=1S/C31H22Br2N2O/c32-30-15-7-5-13-26(30)28(24-11-3-1-9-21(24)19-34)17-23(36)18-29(27-14-6-8-16-31(27)33)25-12-4-2-10-22(25)20-35/h1-16,28-29H,17-18H2. The molecular formula is C31H22Br2N2O. The molecule has 0 saturated heterocycles. The number of hydrogen-bond donors (Lipinski definition) is 0. The molecule has 0 fully saturated rings. The van der Waals surface area contributed by atoms with Gasteiger partial charge in [-0.25, -0.2) is 0 Å². The maximum atomic E-state index is 13.8. The Bertz CT molecular complexity index is 1370. The highest BCUT2D eigenvalue weighted by Crippen LogP contribution is 2.39. The van der Waals surface area contributed by atoms with Crippen LogP contribution in [0, 0.1) is 22.7 Å². The van der Waals surface area contributed by atoms with E-state index in [0.717, 1.165) is 31.2 Å². The fraction of sp³-hybridized carbons (Fsp3) is 0.129. The van der Waals surface area contributed by atoms with Gasteiger partial charge >= 0.3 is 0 Å². The van der Waals surface area contributed by atoms with Crippen LogP contribution >= 0.6 is 31.9 Å². The lowest BCUT2D eigenvalue weighted by molar-refractivity contribution is -0.119. The lowest BCUT2D eigenvalue weighted by Crippen LogP contribution is -2.15. The van der Waals surface area contributed by atoms with Gasteiger partial charge in [-0.2, -0.15) is 10.5 Å². The predicted molar refractivity (Wildman–Crippen MR) is 149 cm³/mol. The van der Waals surface area contributed by atoms with Crippen LogP contribution in [0.5, 0.6) is 0 Å². The Balaban J connectivity index is 1.75. The second-order valence-corrected chi connectivity index (χ2v) is 10.2. The molecule has 2 unspecified atom stereocenters. The minimum absolute atomic E-state index is 0.0528. The first kappa shape index (κ1) is 25.6. The summed E-state index contributed by atoms with van der Waals surface area (Å²) >= 11 is 7.29. The van der Waals surface area contributed by atoms with Crippen LogP contribution in [0.25, 0.3) is 0 Å². The molecule has 0 saturated carbocycles.